The van der Waals surface area contributed by atoms with Crippen LogP contribution >= 0.6 is 0 Å². The van der Waals surface area contributed by atoms with E-state index in [1.165, 1.54) is 16.3 Å². The largest absolute Gasteiger partial charge is 0.300 e. The van der Waals surface area contributed by atoms with Gasteiger partial charge < -0.3 is 0 Å². The molecule has 2 heteroatoms. The summed E-state index contributed by atoms with van der Waals surface area (Å²) in [6, 6.07) is 18.8. The third-order valence-electron chi connectivity index (χ3n) is 3.18. The van der Waals surface area contributed by atoms with Crippen LogP contribution in [0.3, 0.4) is 0 Å². The molecule has 0 aliphatic rings. The van der Waals surface area contributed by atoms with Gasteiger partial charge in [0, 0.05) is 6.20 Å². The Morgan fingerprint density at radius 3 is 2.47 bits per heavy atom. The van der Waals surface area contributed by atoms with Crippen LogP contribution in [0.2, 0.25) is 0 Å². The molecule has 4 rings (SSSR count). The summed E-state index contributed by atoms with van der Waals surface area (Å²) in [6.07, 6.45) is 2.06. The van der Waals surface area contributed by atoms with Crippen molar-refractivity contribution in [3.8, 4) is 0 Å². The van der Waals surface area contributed by atoms with Crippen molar-refractivity contribution in [3.05, 3.63) is 60.8 Å². The van der Waals surface area contributed by atoms with Crippen molar-refractivity contribution in [2.45, 2.75) is 0 Å². The average Bonchev–Trinajstić information content (AvgIpc) is 2.73. The van der Waals surface area contributed by atoms with Gasteiger partial charge in [0.05, 0.1) is 11.0 Å². The monoisotopic (exact) mass is 218 g/mol. The highest BCUT2D eigenvalue weighted by Crippen LogP contribution is 2.23. The molecular formula is C15H10N2. The van der Waals surface area contributed by atoms with Gasteiger partial charge in [-0.3, -0.25) is 4.40 Å². The maximum atomic E-state index is 4.63. The van der Waals surface area contributed by atoms with Crippen molar-refractivity contribution in [2.75, 3.05) is 0 Å². The highest BCUT2D eigenvalue weighted by molar-refractivity contribution is 5.96. The van der Waals surface area contributed by atoms with Crippen LogP contribution in [0.15, 0.2) is 60.8 Å². The molecule has 0 fully saturated rings. The molecule has 80 valence electrons. The molecule has 0 radical (unpaired) electrons. The van der Waals surface area contributed by atoms with Gasteiger partial charge in [-0.2, -0.15) is 0 Å². The van der Waals surface area contributed by atoms with Crippen molar-refractivity contribution in [1.82, 2.24) is 9.38 Å². The summed E-state index contributed by atoms with van der Waals surface area (Å²) in [5, 5.41) is 2.49. The molecule has 0 unspecified atom stereocenters. The summed E-state index contributed by atoms with van der Waals surface area (Å²) in [7, 11) is 0. The number of aromatic nitrogens is 2. The Kier molecular flexibility index (Phi) is 1.59. The van der Waals surface area contributed by atoms with Crippen LogP contribution in [0.1, 0.15) is 0 Å². The topological polar surface area (TPSA) is 17.3 Å². The van der Waals surface area contributed by atoms with E-state index in [4.69, 9.17) is 0 Å². The number of hydrogen-bond donors (Lipinski definition) is 0. The second kappa shape index (κ2) is 3.08. The molecule has 0 spiro atoms. The summed E-state index contributed by atoms with van der Waals surface area (Å²) < 4.78 is 2.13. The molecule has 2 nitrogen and oxygen atoms in total. The van der Waals surface area contributed by atoms with Gasteiger partial charge in [-0.05, 0) is 35.0 Å². The minimum absolute atomic E-state index is 0.998. The predicted molar refractivity (Wildman–Crippen MR) is 70.2 cm³/mol. The van der Waals surface area contributed by atoms with E-state index in [1.807, 2.05) is 18.2 Å². The van der Waals surface area contributed by atoms with E-state index in [0.717, 1.165) is 11.2 Å². The standard InChI is InChI=1S/C15H10N2/c1-2-6-12-10-14-13(9-11(12)5-1)16-15-7-3-4-8-17(14)15/h1-10H. The first-order chi connectivity index (χ1) is 8.42. The number of rotatable bonds is 0. The SMILES string of the molecule is c1ccc2cc3c(cc2c1)nc1ccccn13. The lowest BCUT2D eigenvalue weighted by Gasteiger charge is -1.98. The molecule has 0 amide bonds. The van der Waals surface area contributed by atoms with Crippen LogP contribution in [-0.2, 0) is 0 Å². The molecule has 0 saturated carbocycles. The lowest BCUT2D eigenvalue weighted by molar-refractivity contribution is 1.23. The predicted octanol–water partition coefficient (Wildman–Crippen LogP) is 3.64. The fourth-order valence-electron chi connectivity index (χ4n) is 2.35. The second-order valence-corrected chi connectivity index (χ2v) is 4.23. The van der Waals surface area contributed by atoms with Crippen molar-refractivity contribution < 1.29 is 0 Å². The Balaban J connectivity index is 2.28. The highest BCUT2D eigenvalue weighted by Gasteiger charge is 2.04. The zero-order valence-electron chi connectivity index (χ0n) is 9.17. The van der Waals surface area contributed by atoms with Gasteiger partial charge in [0.1, 0.15) is 5.65 Å². The fraction of sp³-hybridized carbons (Fsp3) is 0. The van der Waals surface area contributed by atoms with Gasteiger partial charge in [-0.25, -0.2) is 4.98 Å². The van der Waals surface area contributed by atoms with Crippen molar-refractivity contribution >= 4 is 27.5 Å². The minimum Gasteiger partial charge on any atom is -0.300 e. The van der Waals surface area contributed by atoms with E-state index in [2.05, 4.69) is 52.0 Å². The first-order valence-corrected chi connectivity index (χ1v) is 5.67. The number of hydrogen-bond acceptors (Lipinski definition) is 1. The minimum atomic E-state index is 0.998. The number of fused-ring (bicyclic) bond motifs is 4. The zero-order valence-corrected chi connectivity index (χ0v) is 9.17. The van der Waals surface area contributed by atoms with E-state index < -0.39 is 0 Å². The molecule has 0 saturated heterocycles. The molecule has 2 heterocycles. The molecule has 0 bridgehead atoms. The van der Waals surface area contributed by atoms with Crippen LogP contribution < -0.4 is 0 Å². The van der Waals surface area contributed by atoms with Gasteiger partial charge in [0.25, 0.3) is 0 Å². The molecular weight excluding hydrogens is 208 g/mol. The van der Waals surface area contributed by atoms with Crippen molar-refractivity contribution in [3.63, 3.8) is 0 Å². The van der Waals surface area contributed by atoms with E-state index in [9.17, 15) is 0 Å². The average molecular weight is 218 g/mol. The van der Waals surface area contributed by atoms with Crippen LogP contribution in [0.4, 0.5) is 0 Å². The first-order valence-electron chi connectivity index (χ1n) is 5.67. The van der Waals surface area contributed by atoms with E-state index in [1.54, 1.807) is 0 Å². The van der Waals surface area contributed by atoms with Crippen molar-refractivity contribution in [2.24, 2.45) is 0 Å². The maximum absolute atomic E-state index is 4.63. The molecule has 4 aromatic rings. The molecule has 0 N–H and O–H groups in total. The van der Waals surface area contributed by atoms with Gasteiger partial charge in [0.2, 0.25) is 0 Å². The third-order valence-corrected chi connectivity index (χ3v) is 3.18. The van der Waals surface area contributed by atoms with E-state index >= 15 is 0 Å². The number of nitrogens with zero attached hydrogens (tertiary/aromatic N) is 2. The Bertz CT molecular complexity index is 837. The molecule has 2 aromatic carbocycles. The van der Waals surface area contributed by atoms with E-state index in [-0.39, 0.29) is 0 Å². The van der Waals surface area contributed by atoms with Gasteiger partial charge in [-0.1, -0.05) is 30.3 Å². The van der Waals surface area contributed by atoms with Gasteiger partial charge in [-0.15, -0.1) is 0 Å². The quantitative estimate of drug-likeness (QED) is 0.440. The Morgan fingerprint density at radius 2 is 1.59 bits per heavy atom. The smallest absolute Gasteiger partial charge is 0.137 e. The van der Waals surface area contributed by atoms with Gasteiger partial charge >= 0.3 is 0 Å². The van der Waals surface area contributed by atoms with Crippen LogP contribution in [0.25, 0.3) is 27.5 Å². The summed E-state index contributed by atoms with van der Waals surface area (Å²) in [4.78, 5) is 4.63. The lowest BCUT2D eigenvalue weighted by atomic mass is 10.1. The molecule has 0 atom stereocenters. The van der Waals surface area contributed by atoms with Gasteiger partial charge in [0.15, 0.2) is 0 Å². The fourth-order valence-corrected chi connectivity index (χ4v) is 2.35. The van der Waals surface area contributed by atoms with Crippen LogP contribution in [0.5, 0.6) is 0 Å². The summed E-state index contributed by atoms with van der Waals surface area (Å²) in [6.45, 7) is 0. The summed E-state index contributed by atoms with van der Waals surface area (Å²) in [5.74, 6) is 0. The maximum Gasteiger partial charge on any atom is 0.137 e. The number of imidazole rings is 1. The molecule has 17 heavy (non-hydrogen) atoms. The molecule has 0 aliphatic carbocycles. The normalized spacial score (nSPS) is 11.5. The first kappa shape index (κ1) is 8.76. The highest BCUT2D eigenvalue weighted by atomic mass is 15.0. The van der Waals surface area contributed by atoms with Crippen molar-refractivity contribution in [1.29, 1.82) is 0 Å². The van der Waals surface area contributed by atoms with Crippen LogP contribution in [-0.4, -0.2) is 9.38 Å². The van der Waals surface area contributed by atoms with Crippen LogP contribution in [0, 0.1) is 0 Å². The summed E-state index contributed by atoms with van der Waals surface area (Å²) >= 11 is 0. The summed E-state index contributed by atoms with van der Waals surface area (Å²) in [5.41, 5.74) is 3.21. The number of pyridine rings is 1. The molecule has 0 aliphatic heterocycles. The van der Waals surface area contributed by atoms with E-state index in [0.29, 0.717) is 0 Å². The number of benzene rings is 2. The Morgan fingerprint density at radius 1 is 0.824 bits per heavy atom. The third kappa shape index (κ3) is 1.18. The lowest BCUT2D eigenvalue weighted by Crippen LogP contribution is -1.81. The zero-order chi connectivity index (χ0) is 11.2. The Hall–Kier alpha value is -2.35. The second-order valence-electron chi connectivity index (χ2n) is 4.23. The Labute approximate surface area is 98.1 Å². The molecule has 2 aromatic heterocycles.